The summed E-state index contributed by atoms with van der Waals surface area (Å²) in [5.41, 5.74) is -0.410. The van der Waals surface area contributed by atoms with Gasteiger partial charge in [-0.15, -0.1) is 0 Å². The summed E-state index contributed by atoms with van der Waals surface area (Å²) in [6.45, 7) is 1.23. The minimum Gasteiger partial charge on any atom is -0.380 e. The number of para-hydroxylation sites is 1. The molecule has 2 N–H and O–H groups in total. The lowest BCUT2D eigenvalue weighted by Gasteiger charge is -2.11. The van der Waals surface area contributed by atoms with Gasteiger partial charge in [-0.1, -0.05) is 6.07 Å². The van der Waals surface area contributed by atoms with Crippen LogP contribution < -0.4 is 10.6 Å². The fourth-order valence-corrected chi connectivity index (χ4v) is 1.73. The Morgan fingerprint density at radius 3 is 2.72 bits per heavy atom. The van der Waals surface area contributed by atoms with Gasteiger partial charge in [-0.25, -0.2) is 8.78 Å². The summed E-state index contributed by atoms with van der Waals surface area (Å²) in [6.07, 6.45) is 0.835. The second-order valence-corrected chi connectivity index (χ2v) is 4.09. The van der Waals surface area contributed by atoms with Crippen LogP contribution in [0.3, 0.4) is 0 Å². The molecular weight excluding hydrogens is 242 g/mol. The number of rotatable bonds is 4. The van der Waals surface area contributed by atoms with Crippen LogP contribution in [0.4, 0.5) is 14.5 Å². The standard InChI is InChI=1S/C12H14F2N2O2/c13-9-2-1-3-10(14)12(9)16-11(17)6-15-8-4-5-18-7-8/h1-3,8,15H,4-7H2,(H,16,17). The highest BCUT2D eigenvalue weighted by atomic mass is 19.1. The summed E-state index contributed by atoms with van der Waals surface area (Å²) in [5.74, 6) is -2.05. The summed E-state index contributed by atoms with van der Waals surface area (Å²) in [4.78, 5) is 11.5. The second-order valence-electron chi connectivity index (χ2n) is 4.09. The van der Waals surface area contributed by atoms with Crippen molar-refractivity contribution >= 4 is 11.6 Å². The smallest absolute Gasteiger partial charge is 0.238 e. The topological polar surface area (TPSA) is 50.4 Å². The molecule has 0 spiro atoms. The van der Waals surface area contributed by atoms with Crippen LogP contribution >= 0.6 is 0 Å². The molecule has 6 heteroatoms. The highest BCUT2D eigenvalue weighted by molar-refractivity contribution is 5.92. The molecule has 1 saturated heterocycles. The van der Waals surface area contributed by atoms with Crippen molar-refractivity contribution in [1.82, 2.24) is 5.32 Å². The Bertz CT molecular complexity index is 414. The molecule has 0 radical (unpaired) electrons. The first-order valence-corrected chi connectivity index (χ1v) is 5.72. The van der Waals surface area contributed by atoms with E-state index in [-0.39, 0.29) is 12.6 Å². The van der Waals surface area contributed by atoms with Crippen LogP contribution in [0.5, 0.6) is 0 Å². The van der Waals surface area contributed by atoms with Crippen molar-refractivity contribution in [3.05, 3.63) is 29.8 Å². The van der Waals surface area contributed by atoms with Crippen molar-refractivity contribution in [1.29, 1.82) is 0 Å². The number of hydrogen-bond donors (Lipinski definition) is 2. The number of carbonyl (C=O) groups is 1. The van der Waals surface area contributed by atoms with Gasteiger partial charge in [-0.3, -0.25) is 4.79 Å². The van der Waals surface area contributed by atoms with Gasteiger partial charge in [0.25, 0.3) is 0 Å². The first kappa shape index (κ1) is 12.9. The molecule has 1 aromatic rings. The Labute approximate surface area is 103 Å². The second kappa shape index (κ2) is 5.88. The van der Waals surface area contributed by atoms with Gasteiger partial charge in [0.15, 0.2) is 0 Å². The maximum Gasteiger partial charge on any atom is 0.238 e. The first-order valence-electron chi connectivity index (χ1n) is 5.72. The van der Waals surface area contributed by atoms with E-state index < -0.39 is 23.2 Å². The Morgan fingerprint density at radius 2 is 2.11 bits per heavy atom. The average Bonchev–Trinajstić information content (AvgIpc) is 2.84. The zero-order chi connectivity index (χ0) is 13.0. The molecule has 1 heterocycles. The summed E-state index contributed by atoms with van der Waals surface area (Å²) >= 11 is 0. The van der Waals surface area contributed by atoms with E-state index in [1.54, 1.807) is 0 Å². The maximum atomic E-state index is 13.3. The van der Waals surface area contributed by atoms with Crippen molar-refractivity contribution in [2.75, 3.05) is 25.1 Å². The molecule has 1 aliphatic heterocycles. The fourth-order valence-electron chi connectivity index (χ4n) is 1.73. The molecular formula is C12H14F2N2O2. The molecule has 1 aromatic carbocycles. The first-order chi connectivity index (χ1) is 8.66. The van der Waals surface area contributed by atoms with Gasteiger partial charge in [0.2, 0.25) is 5.91 Å². The Hall–Kier alpha value is -1.53. The normalized spacial score (nSPS) is 18.9. The number of carbonyl (C=O) groups excluding carboxylic acids is 1. The van der Waals surface area contributed by atoms with Crippen LogP contribution in [-0.4, -0.2) is 31.7 Å². The van der Waals surface area contributed by atoms with Crippen LogP contribution in [0.25, 0.3) is 0 Å². The third-order valence-electron chi connectivity index (χ3n) is 2.71. The minimum absolute atomic E-state index is 0.00179. The lowest BCUT2D eigenvalue weighted by atomic mass is 10.2. The SMILES string of the molecule is O=C(CNC1CCOC1)Nc1c(F)cccc1F. The van der Waals surface area contributed by atoms with Crippen molar-refractivity contribution in [2.24, 2.45) is 0 Å². The van der Waals surface area contributed by atoms with E-state index in [2.05, 4.69) is 10.6 Å². The number of hydrogen-bond acceptors (Lipinski definition) is 3. The molecule has 18 heavy (non-hydrogen) atoms. The van der Waals surface area contributed by atoms with Crippen molar-refractivity contribution in [3.63, 3.8) is 0 Å². The zero-order valence-corrected chi connectivity index (χ0v) is 9.71. The van der Waals surface area contributed by atoms with E-state index in [4.69, 9.17) is 4.74 Å². The summed E-state index contributed by atoms with van der Waals surface area (Å²) in [6, 6.07) is 3.56. The Morgan fingerprint density at radius 1 is 1.39 bits per heavy atom. The molecule has 4 nitrogen and oxygen atoms in total. The molecule has 1 amide bonds. The maximum absolute atomic E-state index is 13.3. The number of anilines is 1. The van der Waals surface area contributed by atoms with Gasteiger partial charge in [0.1, 0.15) is 17.3 Å². The molecule has 0 aromatic heterocycles. The van der Waals surface area contributed by atoms with E-state index >= 15 is 0 Å². The van der Waals surface area contributed by atoms with Gasteiger partial charge < -0.3 is 15.4 Å². The third-order valence-corrected chi connectivity index (χ3v) is 2.71. The predicted molar refractivity (Wildman–Crippen MR) is 62.2 cm³/mol. The van der Waals surface area contributed by atoms with E-state index in [9.17, 15) is 13.6 Å². The van der Waals surface area contributed by atoms with Gasteiger partial charge in [-0.05, 0) is 18.6 Å². The van der Waals surface area contributed by atoms with Crippen molar-refractivity contribution < 1.29 is 18.3 Å². The fraction of sp³-hybridized carbons (Fsp3) is 0.417. The van der Waals surface area contributed by atoms with Gasteiger partial charge in [0, 0.05) is 12.6 Å². The van der Waals surface area contributed by atoms with E-state index in [1.165, 1.54) is 6.07 Å². The number of benzene rings is 1. The van der Waals surface area contributed by atoms with E-state index in [1.807, 2.05) is 0 Å². The van der Waals surface area contributed by atoms with Crippen LogP contribution in [0.2, 0.25) is 0 Å². The molecule has 1 aliphatic rings. The summed E-state index contributed by atoms with van der Waals surface area (Å²) < 4.78 is 31.6. The highest BCUT2D eigenvalue weighted by Gasteiger charge is 2.17. The zero-order valence-electron chi connectivity index (χ0n) is 9.71. The lowest BCUT2D eigenvalue weighted by Crippen LogP contribution is -2.36. The Kier molecular flexibility index (Phi) is 4.22. The number of amides is 1. The molecule has 0 saturated carbocycles. The minimum atomic E-state index is -0.785. The van der Waals surface area contributed by atoms with E-state index in [0.29, 0.717) is 13.2 Å². The van der Waals surface area contributed by atoms with Crippen molar-refractivity contribution in [3.8, 4) is 0 Å². The van der Waals surface area contributed by atoms with Crippen LogP contribution in [0.15, 0.2) is 18.2 Å². The monoisotopic (exact) mass is 256 g/mol. The predicted octanol–water partition coefficient (Wildman–Crippen LogP) is 1.28. The largest absolute Gasteiger partial charge is 0.380 e. The van der Waals surface area contributed by atoms with Gasteiger partial charge in [-0.2, -0.15) is 0 Å². The van der Waals surface area contributed by atoms with Crippen LogP contribution in [-0.2, 0) is 9.53 Å². The Balaban J connectivity index is 1.86. The van der Waals surface area contributed by atoms with Gasteiger partial charge in [0.05, 0.1) is 13.2 Å². The molecule has 2 rings (SSSR count). The molecule has 1 unspecified atom stereocenters. The quantitative estimate of drug-likeness (QED) is 0.853. The average molecular weight is 256 g/mol. The van der Waals surface area contributed by atoms with Crippen molar-refractivity contribution in [2.45, 2.75) is 12.5 Å². The highest BCUT2D eigenvalue weighted by Crippen LogP contribution is 2.17. The molecule has 1 fully saturated rings. The third kappa shape index (κ3) is 3.24. The number of halogens is 2. The lowest BCUT2D eigenvalue weighted by molar-refractivity contribution is -0.115. The molecule has 1 atom stereocenters. The number of ether oxygens (including phenoxy) is 1. The van der Waals surface area contributed by atoms with Crippen LogP contribution in [0, 0.1) is 11.6 Å². The van der Waals surface area contributed by atoms with Gasteiger partial charge >= 0.3 is 0 Å². The molecule has 0 aliphatic carbocycles. The van der Waals surface area contributed by atoms with E-state index in [0.717, 1.165) is 18.6 Å². The molecule has 0 bridgehead atoms. The molecule has 98 valence electrons. The summed E-state index contributed by atoms with van der Waals surface area (Å²) in [5, 5.41) is 5.17. The number of nitrogens with one attached hydrogen (secondary N) is 2. The summed E-state index contributed by atoms with van der Waals surface area (Å²) in [7, 11) is 0. The van der Waals surface area contributed by atoms with Crippen LogP contribution in [0.1, 0.15) is 6.42 Å².